The molecule has 3 aliphatic rings. The Balaban J connectivity index is 1.33. The zero-order valence-corrected chi connectivity index (χ0v) is 27.5. The summed E-state index contributed by atoms with van der Waals surface area (Å²) >= 11 is 0. The zero-order chi connectivity index (χ0) is 33.5. The van der Waals surface area contributed by atoms with Gasteiger partial charge in [-0.1, -0.05) is 115 Å². The van der Waals surface area contributed by atoms with Gasteiger partial charge in [0.05, 0.1) is 11.2 Å². The second-order valence-corrected chi connectivity index (χ2v) is 13.3. The number of aromatic nitrogens is 2. The first kappa shape index (κ1) is 28.3. The Hall–Kier alpha value is -6.59. The van der Waals surface area contributed by atoms with E-state index < -0.39 is 0 Å². The van der Waals surface area contributed by atoms with Gasteiger partial charge in [-0.2, -0.15) is 0 Å². The Labute approximate surface area is 296 Å². The molecular weight excluding hydrogens is 622 g/mol. The average Bonchev–Trinajstić information content (AvgIpc) is 3.20. The molecule has 0 N–H and O–H groups in total. The van der Waals surface area contributed by atoms with Crippen molar-refractivity contribution in [3.63, 3.8) is 0 Å². The largest absolute Gasteiger partial charge is 0.458 e. The molecule has 5 nitrogen and oxygen atoms in total. The van der Waals surface area contributed by atoms with E-state index in [0.717, 1.165) is 51.0 Å². The Morgan fingerprint density at radius 2 is 1.08 bits per heavy atom. The summed E-state index contributed by atoms with van der Waals surface area (Å²) in [6, 6.07) is 56.5. The van der Waals surface area contributed by atoms with Gasteiger partial charge in [-0.15, -0.1) is 0 Å². The normalized spacial score (nSPS) is 13.5. The van der Waals surface area contributed by atoms with Gasteiger partial charge in [0.2, 0.25) is 6.71 Å². The third kappa shape index (κ3) is 4.06. The fourth-order valence-electron chi connectivity index (χ4n) is 8.68. The number of nitrogens with zero attached hydrogens (tertiary/aromatic N) is 4. The van der Waals surface area contributed by atoms with Crippen LogP contribution in [0.1, 0.15) is 0 Å². The summed E-state index contributed by atoms with van der Waals surface area (Å²) in [6.45, 7) is -0.0730. The summed E-state index contributed by atoms with van der Waals surface area (Å²) < 4.78 is 7.01. The molecule has 7 aromatic carbocycles. The van der Waals surface area contributed by atoms with Gasteiger partial charge >= 0.3 is 0 Å². The summed E-state index contributed by atoms with van der Waals surface area (Å²) in [5, 5.41) is 0. The van der Waals surface area contributed by atoms with Gasteiger partial charge in [0, 0.05) is 46.9 Å². The van der Waals surface area contributed by atoms with Crippen LogP contribution in [0.2, 0.25) is 0 Å². The second-order valence-electron chi connectivity index (χ2n) is 13.3. The van der Waals surface area contributed by atoms with Crippen molar-refractivity contribution in [2.75, 3.05) is 9.80 Å². The van der Waals surface area contributed by atoms with Crippen molar-refractivity contribution in [2.24, 2.45) is 0 Å². The standard InChI is InChI=1S/C44H28B2N4O/c1-3-14-29(15-4-1)45-31-18-7-11-23-36(31)50(37-24-13-21-34-43(37)48-27-26-47-34)38-28-40-42-44(41(38)45)49(30-16-5-2-6-17-30)35-22-10-8-19-32(35)46(42)33-20-9-12-25-39(33)51-40/h1-28H. The molecule has 236 valence electrons. The lowest BCUT2D eigenvalue weighted by atomic mass is 9.30. The molecule has 3 aliphatic heterocycles. The van der Waals surface area contributed by atoms with Crippen LogP contribution in [-0.4, -0.2) is 23.4 Å². The molecule has 51 heavy (non-hydrogen) atoms. The molecule has 0 atom stereocenters. The molecule has 4 heterocycles. The molecule has 1 aromatic heterocycles. The number of benzene rings is 7. The highest BCUT2D eigenvalue weighted by Gasteiger charge is 2.47. The molecule has 7 heteroatoms. The number of ether oxygens (including phenoxy) is 1. The summed E-state index contributed by atoms with van der Waals surface area (Å²) in [5.74, 6) is 1.76. The van der Waals surface area contributed by atoms with Gasteiger partial charge in [-0.25, -0.2) is 0 Å². The third-order valence-electron chi connectivity index (χ3n) is 10.7. The maximum Gasteiger partial charge on any atom is 0.256 e. The third-order valence-corrected chi connectivity index (χ3v) is 10.7. The number of hydrogen-bond acceptors (Lipinski definition) is 5. The van der Waals surface area contributed by atoms with Gasteiger partial charge in [-0.05, 0) is 69.8 Å². The SMILES string of the molecule is c1ccc(B2c3ccccc3N(c3cccc4nccnc34)c3cc4c5c(c32)N(c2ccccc2)c2ccccc2B5c2ccccc2O4)cc1. The van der Waals surface area contributed by atoms with Crippen LogP contribution in [0.5, 0.6) is 11.5 Å². The van der Waals surface area contributed by atoms with Crippen molar-refractivity contribution in [3.05, 3.63) is 170 Å². The molecular formula is C44H28B2N4O. The van der Waals surface area contributed by atoms with Crippen LogP contribution >= 0.6 is 0 Å². The number of para-hydroxylation sites is 5. The molecule has 11 rings (SSSR count). The van der Waals surface area contributed by atoms with Crippen molar-refractivity contribution in [1.29, 1.82) is 0 Å². The molecule has 0 unspecified atom stereocenters. The van der Waals surface area contributed by atoms with Gasteiger partial charge in [0.1, 0.15) is 17.0 Å². The average molecular weight is 650 g/mol. The van der Waals surface area contributed by atoms with Crippen molar-refractivity contribution in [3.8, 4) is 11.5 Å². The highest BCUT2D eigenvalue weighted by Crippen LogP contribution is 2.46. The fourth-order valence-corrected chi connectivity index (χ4v) is 8.68. The number of fused-ring (bicyclic) bond motifs is 8. The highest BCUT2D eigenvalue weighted by molar-refractivity contribution is 7.03. The molecule has 0 saturated carbocycles. The quantitative estimate of drug-likeness (QED) is 0.209. The lowest BCUT2D eigenvalue weighted by Crippen LogP contribution is -2.65. The molecule has 0 spiro atoms. The smallest absolute Gasteiger partial charge is 0.256 e. The topological polar surface area (TPSA) is 41.5 Å². The first-order valence-corrected chi connectivity index (χ1v) is 17.4. The summed E-state index contributed by atoms with van der Waals surface area (Å²) in [4.78, 5) is 14.5. The lowest BCUT2D eigenvalue weighted by Gasteiger charge is -2.45. The second kappa shape index (κ2) is 11.0. The van der Waals surface area contributed by atoms with E-state index in [1.165, 1.54) is 38.5 Å². The molecule has 0 radical (unpaired) electrons. The van der Waals surface area contributed by atoms with Crippen LogP contribution in [0, 0.1) is 0 Å². The van der Waals surface area contributed by atoms with Crippen molar-refractivity contribution >= 4 is 91.4 Å². The van der Waals surface area contributed by atoms with E-state index in [2.05, 4.69) is 161 Å². The Kier molecular flexibility index (Phi) is 6.07. The van der Waals surface area contributed by atoms with E-state index >= 15 is 0 Å². The Morgan fingerprint density at radius 1 is 0.451 bits per heavy atom. The molecule has 0 amide bonds. The minimum atomic E-state index is -0.0655. The minimum absolute atomic E-state index is 0.00752. The predicted octanol–water partition coefficient (Wildman–Crippen LogP) is 6.33. The van der Waals surface area contributed by atoms with E-state index in [0.29, 0.717) is 0 Å². The van der Waals surface area contributed by atoms with Crippen LogP contribution in [0.3, 0.4) is 0 Å². The van der Waals surface area contributed by atoms with Gasteiger partial charge in [-0.3, -0.25) is 9.97 Å². The maximum atomic E-state index is 7.01. The first-order valence-electron chi connectivity index (χ1n) is 17.4. The molecule has 8 aromatic rings. The van der Waals surface area contributed by atoms with Crippen LogP contribution in [0.4, 0.5) is 34.1 Å². The predicted molar refractivity (Wildman–Crippen MR) is 211 cm³/mol. The number of anilines is 6. The molecule has 0 fully saturated rings. The Morgan fingerprint density at radius 3 is 1.88 bits per heavy atom. The van der Waals surface area contributed by atoms with Crippen LogP contribution in [-0.2, 0) is 0 Å². The van der Waals surface area contributed by atoms with E-state index in [1.807, 2.05) is 6.07 Å². The molecule has 0 saturated heterocycles. The van der Waals surface area contributed by atoms with E-state index in [4.69, 9.17) is 14.7 Å². The van der Waals surface area contributed by atoms with E-state index in [1.54, 1.807) is 12.4 Å². The van der Waals surface area contributed by atoms with Crippen LogP contribution in [0.25, 0.3) is 11.0 Å². The maximum absolute atomic E-state index is 7.01. The highest BCUT2D eigenvalue weighted by atomic mass is 16.5. The minimum Gasteiger partial charge on any atom is -0.458 e. The van der Waals surface area contributed by atoms with Crippen molar-refractivity contribution in [2.45, 2.75) is 0 Å². The van der Waals surface area contributed by atoms with E-state index in [9.17, 15) is 0 Å². The monoisotopic (exact) mass is 650 g/mol. The first-order chi connectivity index (χ1) is 25.3. The number of hydrogen-bond donors (Lipinski definition) is 0. The van der Waals surface area contributed by atoms with Crippen LogP contribution in [0.15, 0.2) is 170 Å². The van der Waals surface area contributed by atoms with Crippen molar-refractivity contribution in [1.82, 2.24) is 9.97 Å². The van der Waals surface area contributed by atoms with Gasteiger partial charge < -0.3 is 14.5 Å². The van der Waals surface area contributed by atoms with Crippen LogP contribution < -0.4 is 47.3 Å². The summed E-state index contributed by atoms with van der Waals surface area (Å²) in [7, 11) is 0. The van der Waals surface area contributed by atoms with Gasteiger partial charge in [0.15, 0.2) is 0 Å². The molecule has 0 aliphatic carbocycles. The van der Waals surface area contributed by atoms with Crippen molar-refractivity contribution < 1.29 is 4.74 Å². The molecule has 0 bridgehead atoms. The summed E-state index contributed by atoms with van der Waals surface area (Å²) in [6.07, 6.45) is 3.54. The van der Waals surface area contributed by atoms with E-state index in [-0.39, 0.29) is 13.4 Å². The zero-order valence-electron chi connectivity index (χ0n) is 27.5. The number of rotatable bonds is 3. The summed E-state index contributed by atoms with van der Waals surface area (Å²) in [5.41, 5.74) is 15.6. The van der Waals surface area contributed by atoms with Gasteiger partial charge in [0.25, 0.3) is 6.71 Å². The lowest BCUT2D eigenvalue weighted by molar-refractivity contribution is 0.488. The fraction of sp³-hybridized carbons (Fsp3) is 0. The Bertz CT molecular complexity index is 2660.